The van der Waals surface area contributed by atoms with E-state index in [1.54, 1.807) is 41.1 Å². The van der Waals surface area contributed by atoms with E-state index in [2.05, 4.69) is 25.1 Å². The first-order valence-corrected chi connectivity index (χ1v) is 9.93. The lowest BCUT2D eigenvalue weighted by atomic mass is 9.95. The van der Waals surface area contributed by atoms with Crippen molar-refractivity contribution in [2.75, 3.05) is 5.32 Å². The van der Waals surface area contributed by atoms with Gasteiger partial charge < -0.3 is 5.32 Å². The second-order valence-electron chi connectivity index (χ2n) is 7.35. The summed E-state index contributed by atoms with van der Waals surface area (Å²) in [5, 5.41) is 11.1. The van der Waals surface area contributed by atoms with Crippen molar-refractivity contribution in [3.63, 3.8) is 0 Å². The molecule has 2 aromatic heterocycles. The molecule has 0 fully saturated rings. The number of amides is 1. The van der Waals surface area contributed by atoms with E-state index in [9.17, 15) is 14.0 Å². The van der Waals surface area contributed by atoms with Crippen LogP contribution in [-0.4, -0.2) is 25.8 Å². The molecule has 0 saturated heterocycles. The predicted octanol–water partition coefficient (Wildman–Crippen LogP) is 3.49. The van der Waals surface area contributed by atoms with Gasteiger partial charge in [0, 0.05) is 22.5 Å². The predicted molar refractivity (Wildman–Crippen MR) is 111 cm³/mol. The van der Waals surface area contributed by atoms with Gasteiger partial charge in [0.25, 0.3) is 5.91 Å². The Labute approximate surface area is 175 Å². The molecule has 1 aliphatic carbocycles. The molecular formula is C22H18FN5O3. The summed E-state index contributed by atoms with van der Waals surface area (Å²) < 4.78 is 19.6. The third-order valence-electron chi connectivity index (χ3n) is 5.30. The number of benzene rings is 2. The number of rotatable bonds is 4. The van der Waals surface area contributed by atoms with Gasteiger partial charge in [-0.15, -0.1) is 0 Å². The zero-order valence-electron chi connectivity index (χ0n) is 16.4. The lowest BCUT2D eigenvalue weighted by Gasteiger charge is -2.14. The van der Waals surface area contributed by atoms with Crippen molar-refractivity contribution in [1.29, 1.82) is 0 Å². The quantitative estimate of drug-likeness (QED) is 0.527. The summed E-state index contributed by atoms with van der Waals surface area (Å²) >= 11 is 0. The molecule has 8 nitrogen and oxygen atoms in total. The molecule has 156 valence electrons. The van der Waals surface area contributed by atoms with E-state index in [-0.39, 0.29) is 17.5 Å². The van der Waals surface area contributed by atoms with Crippen LogP contribution in [0.25, 0.3) is 17.1 Å². The van der Waals surface area contributed by atoms with Crippen LogP contribution in [0.1, 0.15) is 34.6 Å². The molecule has 0 spiro atoms. The maximum atomic E-state index is 13.4. The van der Waals surface area contributed by atoms with Gasteiger partial charge in [-0.2, -0.15) is 5.10 Å². The van der Waals surface area contributed by atoms with Gasteiger partial charge in [-0.25, -0.2) is 13.9 Å². The van der Waals surface area contributed by atoms with Crippen molar-refractivity contribution in [2.45, 2.75) is 25.7 Å². The largest absolute Gasteiger partial charge is 0.439 e. The molecule has 0 saturated carbocycles. The van der Waals surface area contributed by atoms with Crippen LogP contribution in [0.5, 0.6) is 0 Å². The Morgan fingerprint density at radius 1 is 1.13 bits per heavy atom. The number of carbonyl (C=O) groups excluding carboxylic acids is 1. The number of fused-ring (bicyclic) bond motifs is 1. The molecule has 1 aliphatic rings. The summed E-state index contributed by atoms with van der Waals surface area (Å²) in [6, 6.07) is 13.0. The van der Waals surface area contributed by atoms with Gasteiger partial charge in [-0.05, 0) is 62.1 Å². The van der Waals surface area contributed by atoms with E-state index in [1.807, 2.05) is 0 Å². The van der Waals surface area contributed by atoms with Crippen molar-refractivity contribution in [1.82, 2.24) is 19.9 Å². The Bertz CT molecular complexity index is 1320. The van der Waals surface area contributed by atoms with Crippen molar-refractivity contribution < 1.29 is 13.7 Å². The number of halogens is 1. The fourth-order valence-corrected chi connectivity index (χ4v) is 3.87. The van der Waals surface area contributed by atoms with Crippen LogP contribution >= 0.6 is 0 Å². The molecule has 9 heteroatoms. The van der Waals surface area contributed by atoms with E-state index < -0.39 is 5.76 Å². The van der Waals surface area contributed by atoms with Gasteiger partial charge in [0.15, 0.2) is 11.5 Å². The smallest absolute Gasteiger partial charge is 0.321 e. The second kappa shape index (κ2) is 7.67. The number of nitrogens with one attached hydrogen (secondary N) is 2. The van der Waals surface area contributed by atoms with Crippen LogP contribution in [0.4, 0.5) is 10.1 Å². The minimum atomic E-state index is -0.651. The van der Waals surface area contributed by atoms with Gasteiger partial charge in [0.05, 0.1) is 5.69 Å². The minimum absolute atomic E-state index is 0.277. The second-order valence-corrected chi connectivity index (χ2v) is 7.35. The highest BCUT2D eigenvalue weighted by atomic mass is 19.1. The number of hydrogen-bond acceptors (Lipinski definition) is 5. The number of hydrogen-bond donors (Lipinski definition) is 2. The van der Waals surface area contributed by atoms with Crippen molar-refractivity contribution >= 4 is 11.6 Å². The maximum absolute atomic E-state index is 13.4. The van der Waals surface area contributed by atoms with Crippen LogP contribution in [0.15, 0.2) is 57.8 Å². The molecule has 31 heavy (non-hydrogen) atoms. The van der Waals surface area contributed by atoms with Crippen LogP contribution < -0.4 is 11.1 Å². The van der Waals surface area contributed by atoms with Gasteiger partial charge in [0.2, 0.25) is 0 Å². The summed E-state index contributed by atoms with van der Waals surface area (Å²) in [7, 11) is 0. The number of carbonyl (C=O) groups is 1. The zero-order chi connectivity index (χ0) is 21.4. The standard InChI is InChI=1S/C22H18FN5O3/c23-14-8-10-16(11-9-14)28-18-7-2-1-6-17(18)19(26-28)21(29)24-15-5-3-4-13(12-15)20-25-22(30)31-27-20/h3-5,8-12H,1-2,6-7H2,(H,24,29)(H,25,27,30). The highest BCUT2D eigenvalue weighted by Gasteiger charge is 2.25. The lowest BCUT2D eigenvalue weighted by molar-refractivity contribution is 0.102. The maximum Gasteiger partial charge on any atom is 0.439 e. The highest BCUT2D eigenvalue weighted by Crippen LogP contribution is 2.28. The summed E-state index contributed by atoms with van der Waals surface area (Å²) in [5.74, 6) is -1.03. The van der Waals surface area contributed by atoms with Crippen molar-refractivity contribution in [3.8, 4) is 17.1 Å². The normalized spacial score (nSPS) is 13.1. The first-order chi connectivity index (χ1) is 15.1. The molecule has 0 bridgehead atoms. The summed E-state index contributed by atoms with van der Waals surface area (Å²) in [6.07, 6.45) is 3.57. The van der Waals surface area contributed by atoms with E-state index in [1.165, 1.54) is 12.1 Å². The fourth-order valence-electron chi connectivity index (χ4n) is 3.87. The number of nitrogens with zero attached hydrogens (tertiary/aromatic N) is 3. The van der Waals surface area contributed by atoms with Crippen LogP contribution in [0.2, 0.25) is 0 Å². The average Bonchev–Trinajstić information content (AvgIpc) is 3.39. The molecule has 5 rings (SSSR count). The Kier molecular flexibility index (Phi) is 4.70. The van der Waals surface area contributed by atoms with E-state index in [4.69, 9.17) is 0 Å². The third kappa shape index (κ3) is 3.65. The average molecular weight is 419 g/mol. The van der Waals surface area contributed by atoms with Crippen LogP contribution in [0, 0.1) is 5.82 Å². The van der Waals surface area contributed by atoms with E-state index >= 15 is 0 Å². The van der Waals surface area contributed by atoms with Gasteiger partial charge >= 0.3 is 5.76 Å². The molecule has 2 aromatic carbocycles. The summed E-state index contributed by atoms with van der Waals surface area (Å²) in [5.41, 5.74) is 4.12. The van der Waals surface area contributed by atoms with Gasteiger partial charge in [-0.3, -0.25) is 14.3 Å². The molecule has 0 unspecified atom stereocenters. The number of aromatic nitrogens is 4. The molecule has 2 N–H and O–H groups in total. The van der Waals surface area contributed by atoms with Crippen LogP contribution in [-0.2, 0) is 12.8 Å². The minimum Gasteiger partial charge on any atom is -0.321 e. The molecular weight excluding hydrogens is 401 g/mol. The Morgan fingerprint density at radius 3 is 2.71 bits per heavy atom. The Morgan fingerprint density at radius 2 is 1.94 bits per heavy atom. The first-order valence-electron chi connectivity index (χ1n) is 9.93. The van der Waals surface area contributed by atoms with Gasteiger partial charge in [-0.1, -0.05) is 17.3 Å². The van der Waals surface area contributed by atoms with Crippen molar-refractivity contribution in [3.05, 3.63) is 81.9 Å². The number of aromatic amines is 1. The SMILES string of the molecule is O=C(Nc1cccc(-c2noc(=O)[nH]2)c1)c1nn(-c2ccc(F)cc2)c2c1CCCC2. The van der Waals surface area contributed by atoms with E-state index in [0.29, 0.717) is 16.9 Å². The highest BCUT2D eigenvalue weighted by molar-refractivity contribution is 6.04. The number of anilines is 1. The Balaban J connectivity index is 1.47. The van der Waals surface area contributed by atoms with Crippen LogP contribution in [0.3, 0.4) is 0 Å². The monoisotopic (exact) mass is 419 g/mol. The fraction of sp³-hybridized carbons (Fsp3) is 0.182. The molecule has 2 heterocycles. The lowest BCUT2D eigenvalue weighted by Crippen LogP contribution is -2.15. The van der Waals surface area contributed by atoms with E-state index in [0.717, 1.165) is 42.6 Å². The topological polar surface area (TPSA) is 106 Å². The molecule has 4 aromatic rings. The summed E-state index contributed by atoms with van der Waals surface area (Å²) in [6.45, 7) is 0. The molecule has 0 aliphatic heterocycles. The molecule has 0 atom stereocenters. The summed E-state index contributed by atoms with van der Waals surface area (Å²) in [4.78, 5) is 26.8. The zero-order valence-corrected chi connectivity index (χ0v) is 16.4. The first kappa shape index (κ1) is 19.0. The van der Waals surface area contributed by atoms with Gasteiger partial charge in [0.1, 0.15) is 5.82 Å². The Hall–Kier alpha value is -4.01. The third-order valence-corrected chi connectivity index (χ3v) is 5.30. The molecule has 1 amide bonds. The molecule has 0 radical (unpaired) electrons. The number of H-pyrrole nitrogens is 1. The van der Waals surface area contributed by atoms with Crippen molar-refractivity contribution in [2.24, 2.45) is 0 Å².